The number of carbonyl (C=O) groups is 1. The van der Waals surface area contributed by atoms with Crippen molar-refractivity contribution in [2.24, 2.45) is 10.1 Å². The molecule has 0 radical (unpaired) electrons. The van der Waals surface area contributed by atoms with Crippen LogP contribution in [0.25, 0.3) is 10.4 Å². The minimum atomic E-state index is -1.47. The number of ether oxygens (including phenoxy) is 5. The summed E-state index contributed by atoms with van der Waals surface area (Å²) in [5.74, 6) is 1.98. The molecule has 3 aromatic carbocycles. The van der Waals surface area contributed by atoms with Crippen LogP contribution >= 0.6 is 0 Å². The first-order chi connectivity index (χ1) is 21.9. The molecule has 3 aromatic rings. The second-order valence-corrected chi connectivity index (χ2v) is 10.1. The summed E-state index contributed by atoms with van der Waals surface area (Å²) in [5, 5.41) is 15.8. The van der Waals surface area contributed by atoms with E-state index in [0.29, 0.717) is 58.3 Å². The van der Waals surface area contributed by atoms with Gasteiger partial charge in [0.15, 0.2) is 11.6 Å². The Morgan fingerprint density at radius 2 is 1.82 bits per heavy atom. The Balaban J connectivity index is 1.76. The largest absolute Gasteiger partial charge is 0.496 e. The topological polar surface area (TPSA) is 157 Å². The molecule has 1 heterocycles. The number of nitrogens with zero attached hydrogens (tertiary/aromatic N) is 4. The van der Waals surface area contributed by atoms with Gasteiger partial charge >= 0.3 is 0 Å². The van der Waals surface area contributed by atoms with E-state index in [1.54, 1.807) is 49.6 Å². The maximum atomic E-state index is 14.4. The van der Waals surface area contributed by atoms with E-state index in [0.717, 1.165) is 0 Å². The summed E-state index contributed by atoms with van der Waals surface area (Å²) < 4.78 is 28.7. The number of hydrogen-bond acceptors (Lipinski definition) is 9. The number of aliphatic imine (C=N–C) groups is 1. The van der Waals surface area contributed by atoms with E-state index in [2.05, 4.69) is 21.9 Å². The van der Waals surface area contributed by atoms with Crippen molar-refractivity contribution >= 4 is 11.8 Å². The van der Waals surface area contributed by atoms with Crippen LogP contribution in [0.5, 0.6) is 23.0 Å². The van der Waals surface area contributed by atoms with E-state index in [1.165, 1.54) is 14.2 Å². The highest BCUT2D eigenvalue weighted by atomic mass is 16.5. The van der Waals surface area contributed by atoms with Crippen LogP contribution in [0.4, 0.5) is 0 Å². The van der Waals surface area contributed by atoms with Crippen molar-refractivity contribution in [3.05, 3.63) is 106 Å². The molecule has 2 N–H and O–H groups in total. The standard InChI is InChI=1S/C33H37N5O7/c1-5-15-33(32(40)35-21-27-28(42-3)18-25(41-2)19-29(27)43-4)30(26-10-7-6-9-23(26)20-36-38-34)45-31(37-33)22-11-13-24(14-12-22)44-17-8-16-39/h5-7,9-14,18-19,30,39H,1,8,15-17,20-21H2,2-4H3,(H,35,40)/t30-,33-/m1/s1. The van der Waals surface area contributed by atoms with Gasteiger partial charge in [-0.15, -0.1) is 6.58 Å². The average Bonchev–Trinajstić information content (AvgIpc) is 3.46. The van der Waals surface area contributed by atoms with Gasteiger partial charge in [-0.3, -0.25) is 4.79 Å². The lowest BCUT2D eigenvalue weighted by molar-refractivity contribution is -0.129. The number of nitrogens with one attached hydrogen (secondary N) is 1. The van der Waals surface area contributed by atoms with Crippen LogP contribution in [-0.4, -0.2) is 57.0 Å². The van der Waals surface area contributed by atoms with Crippen molar-refractivity contribution in [3.63, 3.8) is 0 Å². The third-order valence-electron chi connectivity index (χ3n) is 7.37. The zero-order valence-corrected chi connectivity index (χ0v) is 25.6. The molecule has 4 rings (SSSR count). The predicted molar refractivity (Wildman–Crippen MR) is 169 cm³/mol. The Hall–Kier alpha value is -5.19. The number of benzene rings is 3. The number of carbonyl (C=O) groups excluding carboxylic acids is 1. The number of aliphatic hydroxyl groups excluding tert-OH is 1. The third-order valence-corrected chi connectivity index (χ3v) is 7.37. The lowest BCUT2D eigenvalue weighted by atomic mass is 9.82. The van der Waals surface area contributed by atoms with Gasteiger partial charge in [0.05, 0.1) is 46.6 Å². The number of amides is 1. The molecule has 1 aliphatic rings. The zero-order valence-electron chi connectivity index (χ0n) is 25.6. The van der Waals surface area contributed by atoms with Crippen LogP contribution in [0, 0.1) is 0 Å². The van der Waals surface area contributed by atoms with Crippen LogP contribution in [0.15, 0.2) is 83.4 Å². The second-order valence-electron chi connectivity index (χ2n) is 10.1. The fourth-order valence-electron chi connectivity index (χ4n) is 5.13. The van der Waals surface area contributed by atoms with Gasteiger partial charge in [-0.25, -0.2) is 4.99 Å². The summed E-state index contributed by atoms with van der Waals surface area (Å²) >= 11 is 0. The van der Waals surface area contributed by atoms with Gasteiger partial charge in [0.25, 0.3) is 5.91 Å². The van der Waals surface area contributed by atoms with E-state index in [4.69, 9.17) is 39.3 Å². The fourth-order valence-corrected chi connectivity index (χ4v) is 5.13. The molecule has 1 amide bonds. The Morgan fingerprint density at radius 3 is 2.44 bits per heavy atom. The summed E-state index contributed by atoms with van der Waals surface area (Å²) in [5.41, 5.74) is 10.2. The second kappa shape index (κ2) is 15.5. The molecule has 2 atom stereocenters. The van der Waals surface area contributed by atoms with Crippen molar-refractivity contribution in [1.29, 1.82) is 0 Å². The van der Waals surface area contributed by atoms with Crippen LogP contribution in [0.2, 0.25) is 0 Å². The van der Waals surface area contributed by atoms with Crippen molar-refractivity contribution < 1.29 is 33.6 Å². The average molecular weight is 616 g/mol. The SMILES string of the molecule is C=CC[C@@]1(C(=O)NCc2c(OC)cc(OC)cc2OC)N=C(c2ccc(OCCCO)cc2)O[C@@H]1c1ccccc1CN=[N+]=[N-]. The molecular weight excluding hydrogens is 578 g/mol. The zero-order chi connectivity index (χ0) is 32.2. The van der Waals surface area contributed by atoms with Crippen LogP contribution < -0.4 is 24.3 Å². The molecule has 0 aromatic heterocycles. The molecular formula is C33H37N5O7. The molecule has 0 aliphatic carbocycles. The van der Waals surface area contributed by atoms with Crippen molar-refractivity contribution in [2.45, 2.75) is 37.6 Å². The first kappa shape index (κ1) is 32.7. The molecule has 0 unspecified atom stereocenters. The minimum Gasteiger partial charge on any atom is -0.496 e. The molecule has 0 spiro atoms. The van der Waals surface area contributed by atoms with Crippen molar-refractivity contribution in [1.82, 2.24) is 5.32 Å². The highest BCUT2D eigenvalue weighted by Gasteiger charge is 2.53. The predicted octanol–water partition coefficient (Wildman–Crippen LogP) is 5.43. The molecule has 45 heavy (non-hydrogen) atoms. The lowest BCUT2D eigenvalue weighted by Gasteiger charge is -2.31. The molecule has 236 valence electrons. The maximum absolute atomic E-state index is 14.4. The van der Waals surface area contributed by atoms with E-state index in [9.17, 15) is 4.79 Å². The van der Waals surface area contributed by atoms with Gasteiger partial charge in [-0.05, 0) is 40.9 Å². The number of azide groups is 1. The summed E-state index contributed by atoms with van der Waals surface area (Å²) in [7, 11) is 4.60. The molecule has 0 bridgehead atoms. The van der Waals surface area contributed by atoms with Gasteiger partial charge in [0.1, 0.15) is 23.0 Å². The Labute approximate surface area is 261 Å². The smallest absolute Gasteiger partial charge is 0.252 e. The van der Waals surface area contributed by atoms with E-state index in [-0.39, 0.29) is 32.0 Å². The van der Waals surface area contributed by atoms with E-state index < -0.39 is 17.6 Å². The van der Waals surface area contributed by atoms with Gasteiger partial charge < -0.3 is 34.1 Å². The van der Waals surface area contributed by atoms with Crippen molar-refractivity contribution in [2.75, 3.05) is 34.5 Å². The monoisotopic (exact) mass is 615 g/mol. The molecule has 12 nitrogen and oxygen atoms in total. The summed E-state index contributed by atoms with van der Waals surface area (Å²) in [6.07, 6.45) is 1.41. The summed E-state index contributed by atoms with van der Waals surface area (Å²) in [6.45, 7) is 4.47. The molecule has 0 saturated heterocycles. The van der Waals surface area contributed by atoms with E-state index >= 15 is 0 Å². The molecule has 0 fully saturated rings. The minimum absolute atomic E-state index is 0.0384. The number of rotatable bonds is 16. The Kier molecular flexibility index (Phi) is 11.3. The van der Waals surface area contributed by atoms with Crippen LogP contribution in [0.1, 0.15) is 41.2 Å². The number of hydrogen-bond donors (Lipinski definition) is 2. The van der Waals surface area contributed by atoms with Gasteiger partial charge in [0.2, 0.25) is 5.90 Å². The third kappa shape index (κ3) is 7.31. The van der Waals surface area contributed by atoms with Crippen LogP contribution in [0.3, 0.4) is 0 Å². The van der Waals surface area contributed by atoms with Crippen LogP contribution in [-0.2, 0) is 22.6 Å². The first-order valence-corrected chi connectivity index (χ1v) is 14.3. The molecule has 0 saturated carbocycles. The highest BCUT2D eigenvalue weighted by molar-refractivity contribution is 6.01. The maximum Gasteiger partial charge on any atom is 0.252 e. The highest BCUT2D eigenvalue weighted by Crippen LogP contribution is 2.44. The Morgan fingerprint density at radius 1 is 1.11 bits per heavy atom. The van der Waals surface area contributed by atoms with Gasteiger partial charge in [-0.1, -0.05) is 35.5 Å². The Bertz CT molecular complexity index is 1540. The molecule has 12 heteroatoms. The van der Waals surface area contributed by atoms with Crippen molar-refractivity contribution in [3.8, 4) is 23.0 Å². The number of methoxy groups -OCH3 is 3. The quantitative estimate of drug-likeness (QED) is 0.0715. The lowest BCUT2D eigenvalue weighted by Crippen LogP contribution is -2.48. The number of aliphatic hydroxyl groups is 1. The first-order valence-electron chi connectivity index (χ1n) is 14.3. The summed E-state index contributed by atoms with van der Waals surface area (Å²) in [6, 6.07) is 17.9. The molecule has 1 aliphatic heterocycles. The van der Waals surface area contributed by atoms with E-state index in [1.807, 2.05) is 24.3 Å². The fraction of sp³-hybridized carbons (Fsp3) is 0.333. The summed E-state index contributed by atoms with van der Waals surface area (Å²) in [4.78, 5) is 22.2. The normalized spacial score (nSPS) is 16.9. The van der Waals surface area contributed by atoms with Gasteiger partial charge in [0, 0.05) is 42.1 Å². The van der Waals surface area contributed by atoms with Gasteiger partial charge in [-0.2, -0.15) is 0 Å².